The number of benzene rings is 2. The summed E-state index contributed by atoms with van der Waals surface area (Å²) >= 11 is 0. The monoisotopic (exact) mass is 232 g/mol. The van der Waals surface area contributed by atoms with E-state index in [-0.39, 0.29) is 0 Å². The molecule has 0 unspecified atom stereocenters. The van der Waals surface area contributed by atoms with Gasteiger partial charge >= 0.3 is 0 Å². The molecular formula is C14H8N4. The van der Waals surface area contributed by atoms with Crippen LogP contribution in [0.15, 0.2) is 49.3 Å². The van der Waals surface area contributed by atoms with Crippen molar-refractivity contribution in [1.82, 2.24) is 19.9 Å². The molecule has 2 aromatic heterocycles. The summed E-state index contributed by atoms with van der Waals surface area (Å²) in [5, 5.41) is 4.24. The lowest BCUT2D eigenvalue weighted by Gasteiger charge is -2.05. The molecule has 4 nitrogen and oxygen atoms in total. The number of hydrogen-bond donors (Lipinski definition) is 0. The molecule has 0 N–H and O–H groups in total. The quantitative estimate of drug-likeness (QED) is 0.437. The van der Waals surface area contributed by atoms with Crippen LogP contribution in [-0.4, -0.2) is 19.9 Å². The normalized spacial score (nSPS) is 11.3. The van der Waals surface area contributed by atoms with Crippen molar-refractivity contribution in [3.05, 3.63) is 49.3 Å². The Hall–Kier alpha value is -2.62. The molecule has 0 saturated heterocycles. The minimum Gasteiger partial charge on any atom is -0.244 e. The average molecular weight is 232 g/mol. The summed E-state index contributed by atoms with van der Waals surface area (Å²) in [7, 11) is 0. The minimum absolute atomic E-state index is 0.937. The van der Waals surface area contributed by atoms with Crippen LogP contribution in [-0.2, 0) is 0 Å². The van der Waals surface area contributed by atoms with Gasteiger partial charge in [-0.15, -0.1) is 0 Å². The van der Waals surface area contributed by atoms with E-state index in [1.165, 1.54) is 0 Å². The molecule has 0 saturated carbocycles. The standard InChI is InChI=1S/C14H8N4/c1-3-10-5-15-7-17-13(10)12-9(1)2-4-11-6-16-8-18-14(11)12/h1-8H. The van der Waals surface area contributed by atoms with Crippen LogP contribution in [0.2, 0.25) is 0 Å². The largest absolute Gasteiger partial charge is 0.244 e. The topological polar surface area (TPSA) is 51.6 Å². The summed E-state index contributed by atoms with van der Waals surface area (Å²) in [5.41, 5.74) is 1.87. The highest BCUT2D eigenvalue weighted by molar-refractivity contribution is 6.16. The first kappa shape index (κ1) is 9.41. The van der Waals surface area contributed by atoms with Gasteiger partial charge in [-0.25, -0.2) is 19.9 Å². The molecule has 4 heteroatoms. The Labute approximate surface area is 102 Å². The van der Waals surface area contributed by atoms with Crippen LogP contribution in [0, 0.1) is 0 Å². The van der Waals surface area contributed by atoms with Crippen molar-refractivity contribution >= 4 is 32.6 Å². The fraction of sp³-hybridized carbons (Fsp3) is 0. The summed E-state index contributed by atoms with van der Waals surface area (Å²) in [5.74, 6) is 0. The SMILES string of the molecule is c1ncc2ccc3ccc4cncnc4c3c2n1. The zero-order valence-electron chi connectivity index (χ0n) is 9.41. The lowest BCUT2D eigenvalue weighted by atomic mass is 10.0. The smallest absolute Gasteiger partial charge is 0.116 e. The lowest BCUT2D eigenvalue weighted by molar-refractivity contribution is 1.22. The molecule has 2 heterocycles. The summed E-state index contributed by atoms with van der Waals surface area (Å²) in [6, 6.07) is 8.21. The molecule has 2 aromatic carbocycles. The summed E-state index contributed by atoms with van der Waals surface area (Å²) in [4.78, 5) is 16.9. The highest BCUT2D eigenvalue weighted by Crippen LogP contribution is 2.28. The second kappa shape index (κ2) is 3.43. The van der Waals surface area contributed by atoms with Crippen LogP contribution in [0.4, 0.5) is 0 Å². The van der Waals surface area contributed by atoms with E-state index in [1.807, 2.05) is 24.5 Å². The maximum Gasteiger partial charge on any atom is 0.116 e. The maximum absolute atomic E-state index is 4.39. The van der Waals surface area contributed by atoms with Gasteiger partial charge in [-0.05, 0) is 5.39 Å². The maximum atomic E-state index is 4.39. The van der Waals surface area contributed by atoms with Crippen molar-refractivity contribution in [3.8, 4) is 0 Å². The van der Waals surface area contributed by atoms with Gasteiger partial charge < -0.3 is 0 Å². The molecule has 0 atom stereocenters. The predicted molar refractivity (Wildman–Crippen MR) is 70.1 cm³/mol. The second-order valence-electron chi connectivity index (χ2n) is 4.15. The fourth-order valence-corrected chi connectivity index (χ4v) is 2.31. The van der Waals surface area contributed by atoms with E-state index in [4.69, 9.17) is 0 Å². The van der Waals surface area contributed by atoms with E-state index in [0.717, 1.165) is 32.6 Å². The summed E-state index contributed by atoms with van der Waals surface area (Å²) < 4.78 is 0. The molecule has 84 valence electrons. The molecule has 0 bridgehead atoms. The van der Waals surface area contributed by atoms with Crippen molar-refractivity contribution in [2.24, 2.45) is 0 Å². The highest BCUT2D eigenvalue weighted by atomic mass is 14.8. The van der Waals surface area contributed by atoms with Gasteiger partial charge in [0.25, 0.3) is 0 Å². The van der Waals surface area contributed by atoms with Crippen molar-refractivity contribution < 1.29 is 0 Å². The number of nitrogens with zero attached hydrogens (tertiary/aromatic N) is 4. The van der Waals surface area contributed by atoms with Crippen molar-refractivity contribution in [1.29, 1.82) is 0 Å². The fourth-order valence-electron chi connectivity index (χ4n) is 2.31. The van der Waals surface area contributed by atoms with Crippen molar-refractivity contribution in [2.45, 2.75) is 0 Å². The zero-order valence-corrected chi connectivity index (χ0v) is 9.41. The third-order valence-corrected chi connectivity index (χ3v) is 3.13. The molecule has 0 aliphatic rings. The first-order valence-corrected chi connectivity index (χ1v) is 5.65. The van der Waals surface area contributed by atoms with Gasteiger partial charge in [0.05, 0.1) is 11.0 Å². The van der Waals surface area contributed by atoms with Crippen LogP contribution in [0.25, 0.3) is 32.6 Å². The first-order chi connectivity index (χ1) is 8.93. The Morgan fingerprint density at radius 1 is 0.611 bits per heavy atom. The molecule has 4 rings (SSSR count). The first-order valence-electron chi connectivity index (χ1n) is 5.65. The van der Waals surface area contributed by atoms with Gasteiger partial charge in [0.1, 0.15) is 12.7 Å². The van der Waals surface area contributed by atoms with E-state index >= 15 is 0 Å². The van der Waals surface area contributed by atoms with E-state index in [1.54, 1.807) is 12.7 Å². The summed E-state index contributed by atoms with van der Waals surface area (Å²) in [6.07, 6.45) is 6.78. The predicted octanol–water partition coefficient (Wildman–Crippen LogP) is 2.73. The van der Waals surface area contributed by atoms with Crippen LogP contribution in [0.3, 0.4) is 0 Å². The van der Waals surface area contributed by atoms with Crippen LogP contribution in [0.5, 0.6) is 0 Å². The molecule has 0 fully saturated rings. The molecule has 18 heavy (non-hydrogen) atoms. The number of fused-ring (bicyclic) bond motifs is 5. The van der Waals surface area contributed by atoms with Crippen molar-refractivity contribution in [3.63, 3.8) is 0 Å². The Morgan fingerprint density at radius 3 is 1.67 bits per heavy atom. The number of aromatic nitrogens is 4. The van der Waals surface area contributed by atoms with Crippen LogP contribution < -0.4 is 0 Å². The molecule has 0 aliphatic heterocycles. The Bertz CT molecular complexity index is 816. The van der Waals surface area contributed by atoms with Crippen LogP contribution in [0.1, 0.15) is 0 Å². The van der Waals surface area contributed by atoms with Gasteiger partial charge in [0.15, 0.2) is 0 Å². The third-order valence-electron chi connectivity index (χ3n) is 3.13. The van der Waals surface area contributed by atoms with Gasteiger partial charge in [-0.2, -0.15) is 0 Å². The average Bonchev–Trinajstić information content (AvgIpc) is 2.46. The number of hydrogen-bond acceptors (Lipinski definition) is 4. The molecule has 4 aromatic rings. The molecular weight excluding hydrogens is 224 g/mol. The zero-order chi connectivity index (χ0) is 11.9. The van der Waals surface area contributed by atoms with E-state index < -0.39 is 0 Å². The van der Waals surface area contributed by atoms with Gasteiger partial charge in [0.2, 0.25) is 0 Å². The van der Waals surface area contributed by atoms with Gasteiger partial charge in [-0.3, -0.25) is 0 Å². The van der Waals surface area contributed by atoms with E-state index in [2.05, 4.69) is 32.1 Å². The Morgan fingerprint density at radius 2 is 1.11 bits per heavy atom. The molecule has 0 aliphatic carbocycles. The summed E-state index contributed by atoms with van der Waals surface area (Å²) in [6.45, 7) is 0. The highest BCUT2D eigenvalue weighted by Gasteiger charge is 2.06. The van der Waals surface area contributed by atoms with E-state index in [9.17, 15) is 0 Å². The van der Waals surface area contributed by atoms with Crippen LogP contribution >= 0.6 is 0 Å². The molecule has 0 spiro atoms. The Kier molecular flexibility index (Phi) is 1.80. The molecule has 0 radical (unpaired) electrons. The Balaban J connectivity index is 2.38. The number of rotatable bonds is 0. The van der Waals surface area contributed by atoms with E-state index in [0.29, 0.717) is 0 Å². The molecule has 0 amide bonds. The van der Waals surface area contributed by atoms with Gasteiger partial charge in [-0.1, -0.05) is 24.3 Å². The van der Waals surface area contributed by atoms with Crippen molar-refractivity contribution in [2.75, 3.05) is 0 Å². The minimum atomic E-state index is 0.937. The third kappa shape index (κ3) is 1.20. The van der Waals surface area contributed by atoms with Gasteiger partial charge in [0, 0.05) is 28.6 Å². The second-order valence-corrected chi connectivity index (χ2v) is 4.15. The lowest BCUT2D eigenvalue weighted by Crippen LogP contribution is -1.87.